The van der Waals surface area contributed by atoms with Crippen molar-refractivity contribution in [2.24, 2.45) is 10.1 Å². The Balaban J connectivity index is 1.77. The number of nitrogens with zero attached hydrogens (tertiary/aromatic N) is 3. The van der Waals surface area contributed by atoms with Crippen molar-refractivity contribution < 1.29 is 4.74 Å². The van der Waals surface area contributed by atoms with E-state index in [0.717, 1.165) is 27.9 Å². The summed E-state index contributed by atoms with van der Waals surface area (Å²) in [6.45, 7) is 0.674. The number of hydrogen-bond acceptors (Lipinski definition) is 4. The zero-order valence-electron chi connectivity index (χ0n) is 13.3. The van der Waals surface area contributed by atoms with Gasteiger partial charge in [-0.1, -0.05) is 54.2 Å². The van der Waals surface area contributed by atoms with Gasteiger partial charge in [-0.25, -0.2) is 5.01 Å². The third-order valence-electron chi connectivity index (χ3n) is 3.54. The van der Waals surface area contributed by atoms with Gasteiger partial charge in [0.15, 0.2) is 5.17 Å². The summed E-state index contributed by atoms with van der Waals surface area (Å²) >= 11 is 1.70. The Hall–Kier alpha value is -2.27. The molecule has 4 nitrogen and oxygen atoms in total. The van der Waals surface area contributed by atoms with E-state index in [1.165, 1.54) is 5.56 Å². The molecule has 0 atom stereocenters. The first-order chi connectivity index (χ1) is 11.3. The molecule has 5 heteroatoms. The highest BCUT2D eigenvalue weighted by atomic mass is 32.2. The number of benzene rings is 2. The fourth-order valence-electron chi connectivity index (χ4n) is 2.38. The second-order valence-electron chi connectivity index (χ2n) is 5.14. The third-order valence-corrected chi connectivity index (χ3v) is 4.61. The predicted octanol–water partition coefficient (Wildman–Crippen LogP) is 3.63. The fraction of sp³-hybridized carbons (Fsp3) is 0.222. The van der Waals surface area contributed by atoms with Crippen molar-refractivity contribution in [1.82, 2.24) is 5.01 Å². The minimum Gasteiger partial charge on any atom is -0.496 e. The number of aliphatic imine (C=N–C) groups is 1. The molecule has 23 heavy (non-hydrogen) atoms. The van der Waals surface area contributed by atoms with E-state index in [9.17, 15) is 0 Å². The Morgan fingerprint density at radius 3 is 2.61 bits per heavy atom. The van der Waals surface area contributed by atoms with Gasteiger partial charge in [-0.2, -0.15) is 5.10 Å². The van der Waals surface area contributed by atoms with E-state index in [2.05, 4.69) is 22.2 Å². The van der Waals surface area contributed by atoms with E-state index in [0.29, 0.717) is 6.54 Å². The molecule has 0 aromatic heterocycles. The summed E-state index contributed by atoms with van der Waals surface area (Å²) in [5.74, 6) is 1.64. The summed E-state index contributed by atoms with van der Waals surface area (Å²) in [5.41, 5.74) is 3.25. The van der Waals surface area contributed by atoms with Crippen LogP contribution in [0.2, 0.25) is 0 Å². The Morgan fingerprint density at radius 1 is 1.13 bits per heavy atom. The lowest BCUT2D eigenvalue weighted by atomic mass is 10.1. The molecule has 0 saturated heterocycles. The zero-order chi connectivity index (χ0) is 16.1. The van der Waals surface area contributed by atoms with Crippen LogP contribution in [0.4, 0.5) is 0 Å². The van der Waals surface area contributed by atoms with E-state index in [4.69, 9.17) is 4.74 Å². The number of amidine groups is 1. The molecular weight excluding hydrogens is 306 g/mol. The Kier molecular flexibility index (Phi) is 4.98. The molecule has 0 bridgehead atoms. The Labute approximate surface area is 140 Å². The summed E-state index contributed by atoms with van der Waals surface area (Å²) in [5, 5.41) is 7.46. The van der Waals surface area contributed by atoms with E-state index in [1.807, 2.05) is 54.5 Å². The van der Waals surface area contributed by atoms with Crippen LogP contribution in [0.1, 0.15) is 11.1 Å². The van der Waals surface area contributed by atoms with Gasteiger partial charge in [-0.05, 0) is 17.7 Å². The van der Waals surface area contributed by atoms with Crippen LogP contribution in [0.5, 0.6) is 5.75 Å². The number of hydrogen-bond donors (Lipinski definition) is 0. The van der Waals surface area contributed by atoms with Crippen molar-refractivity contribution in [2.75, 3.05) is 19.9 Å². The van der Waals surface area contributed by atoms with Gasteiger partial charge < -0.3 is 4.74 Å². The molecule has 0 amide bonds. The molecule has 1 aliphatic rings. The maximum absolute atomic E-state index is 5.43. The molecule has 0 unspecified atom stereocenters. The number of para-hydroxylation sites is 1. The van der Waals surface area contributed by atoms with Crippen LogP contribution < -0.4 is 4.74 Å². The third kappa shape index (κ3) is 3.74. The van der Waals surface area contributed by atoms with Crippen LogP contribution in [0, 0.1) is 0 Å². The molecule has 0 radical (unpaired) electrons. The zero-order valence-corrected chi connectivity index (χ0v) is 14.1. The normalized spacial score (nSPS) is 16.3. The largest absolute Gasteiger partial charge is 0.496 e. The van der Waals surface area contributed by atoms with Crippen molar-refractivity contribution in [1.29, 1.82) is 0 Å². The van der Waals surface area contributed by atoms with Gasteiger partial charge in [0.1, 0.15) is 5.75 Å². The van der Waals surface area contributed by atoms with E-state index in [1.54, 1.807) is 18.9 Å². The Bertz CT molecular complexity index is 728. The van der Waals surface area contributed by atoms with Crippen LogP contribution in [-0.4, -0.2) is 35.8 Å². The van der Waals surface area contributed by atoms with Gasteiger partial charge in [0.2, 0.25) is 0 Å². The van der Waals surface area contributed by atoms with Gasteiger partial charge in [0, 0.05) is 18.4 Å². The molecule has 0 spiro atoms. The highest BCUT2D eigenvalue weighted by Gasteiger charge is 2.19. The lowest BCUT2D eigenvalue weighted by Crippen LogP contribution is -2.28. The molecule has 118 valence electrons. The van der Waals surface area contributed by atoms with Crippen molar-refractivity contribution >= 4 is 22.6 Å². The fourth-order valence-corrected chi connectivity index (χ4v) is 3.25. The molecule has 3 rings (SSSR count). The van der Waals surface area contributed by atoms with E-state index in [-0.39, 0.29) is 0 Å². The highest BCUT2D eigenvalue weighted by molar-refractivity contribution is 8.14. The van der Waals surface area contributed by atoms with Crippen molar-refractivity contribution in [3.8, 4) is 5.75 Å². The lowest BCUT2D eigenvalue weighted by Gasteiger charge is -2.23. The van der Waals surface area contributed by atoms with Crippen molar-refractivity contribution in [3.05, 3.63) is 65.7 Å². The van der Waals surface area contributed by atoms with Crippen molar-refractivity contribution in [3.63, 3.8) is 0 Å². The summed E-state index contributed by atoms with van der Waals surface area (Å²) in [6.07, 6.45) is 0. The maximum atomic E-state index is 5.43. The lowest BCUT2D eigenvalue weighted by molar-refractivity contribution is 0.413. The number of ether oxygens (including phenoxy) is 1. The molecular formula is C18H19N3OS. The minimum absolute atomic E-state index is 0.674. The minimum atomic E-state index is 0.674. The number of rotatable bonds is 4. The van der Waals surface area contributed by atoms with Crippen LogP contribution in [0.15, 0.2) is 64.7 Å². The molecule has 1 heterocycles. The summed E-state index contributed by atoms with van der Waals surface area (Å²) in [6, 6.07) is 18.2. The van der Waals surface area contributed by atoms with Gasteiger partial charge in [-0.15, -0.1) is 0 Å². The molecule has 2 aromatic rings. The standard InChI is InChI=1S/C18H19N3OS/c1-21-18(19-12-14-8-4-3-5-9-14)23-13-16(20-21)15-10-6-7-11-17(15)22-2/h3-11H,12-13H2,1-2H3. The quantitative estimate of drug-likeness (QED) is 0.861. The summed E-state index contributed by atoms with van der Waals surface area (Å²) < 4.78 is 5.43. The van der Waals surface area contributed by atoms with Crippen LogP contribution >= 0.6 is 11.8 Å². The van der Waals surface area contributed by atoms with Gasteiger partial charge in [0.25, 0.3) is 0 Å². The van der Waals surface area contributed by atoms with Crippen LogP contribution in [0.3, 0.4) is 0 Å². The van der Waals surface area contributed by atoms with Gasteiger partial charge in [-0.3, -0.25) is 4.99 Å². The first-order valence-corrected chi connectivity index (χ1v) is 8.42. The predicted molar refractivity (Wildman–Crippen MR) is 97.3 cm³/mol. The average molecular weight is 325 g/mol. The smallest absolute Gasteiger partial charge is 0.180 e. The van der Waals surface area contributed by atoms with Crippen molar-refractivity contribution in [2.45, 2.75) is 6.54 Å². The van der Waals surface area contributed by atoms with Gasteiger partial charge in [0.05, 0.1) is 19.4 Å². The van der Waals surface area contributed by atoms with E-state index >= 15 is 0 Å². The first kappa shape index (κ1) is 15.6. The summed E-state index contributed by atoms with van der Waals surface area (Å²) in [4.78, 5) is 4.67. The highest BCUT2D eigenvalue weighted by Crippen LogP contribution is 2.24. The monoisotopic (exact) mass is 325 g/mol. The molecule has 0 aliphatic carbocycles. The SMILES string of the molecule is COc1ccccc1C1=NN(C)C(=NCc2ccccc2)SC1. The molecule has 0 N–H and O–H groups in total. The van der Waals surface area contributed by atoms with Gasteiger partial charge >= 0.3 is 0 Å². The van der Waals surface area contributed by atoms with E-state index < -0.39 is 0 Å². The Morgan fingerprint density at radius 2 is 1.87 bits per heavy atom. The molecule has 0 fully saturated rings. The average Bonchev–Trinajstić information content (AvgIpc) is 2.61. The second-order valence-corrected chi connectivity index (χ2v) is 6.09. The topological polar surface area (TPSA) is 37.2 Å². The number of methoxy groups -OCH3 is 1. The first-order valence-electron chi connectivity index (χ1n) is 7.43. The van der Waals surface area contributed by atoms with Crippen LogP contribution in [0.25, 0.3) is 0 Å². The maximum Gasteiger partial charge on any atom is 0.180 e. The number of hydrazone groups is 1. The molecule has 2 aromatic carbocycles. The molecule has 1 aliphatic heterocycles. The summed E-state index contributed by atoms with van der Waals surface area (Å²) in [7, 11) is 3.62. The van der Waals surface area contributed by atoms with Crippen LogP contribution in [-0.2, 0) is 6.54 Å². The molecule has 0 saturated carbocycles. The second kappa shape index (κ2) is 7.33. The number of thioether (sulfide) groups is 1.